The van der Waals surface area contributed by atoms with Gasteiger partial charge >= 0.3 is 0 Å². The Hall–Kier alpha value is -1.61. The van der Waals surface area contributed by atoms with E-state index in [2.05, 4.69) is 10.2 Å². The number of rotatable bonds is 3. The van der Waals surface area contributed by atoms with E-state index in [-0.39, 0.29) is 11.9 Å². The van der Waals surface area contributed by atoms with Gasteiger partial charge in [-0.15, -0.1) is 0 Å². The lowest BCUT2D eigenvalue weighted by molar-refractivity contribution is -0.117. The molecule has 6 heteroatoms. The van der Waals surface area contributed by atoms with E-state index in [0.29, 0.717) is 22.8 Å². The smallest absolute Gasteiger partial charge is 0.238 e. The van der Waals surface area contributed by atoms with Crippen molar-refractivity contribution < 1.29 is 4.79 Å². The number of nitrogens with one attached hydrogen (secondary N) is 1. The van der Waals surface area contributed by atoms with Crippen molar-refractivity contribution in [3.05, 3.63) is 28.8 Å². The van der Waals surface area contributed by atoms with Crippen molar-refractivity contribution in [2.75, 3.05) is 25.0 Å². The van der Waals surface area contributed by atoms with Gasteiger partial charge in [0.1, 0.15) is 6.07 Å². The summed E-state index contributed by atoms with van der Waals surface area (Å²) in [6.45, 7) is 2.04. The minimum Gasteiger partial charge on any atom is -0.328 e. The number of carbonyl (C=O) groups is 1. The number of nitrogens with two attached hydrogens (primary N) is 1. The fraction of sp³-hybridized carbons (Fsp3) is 0.429. The van der Waals surface area contributed by atoms with Crippen LogP contribution in [0, 0.1) is 11.3 Å². The molecule has 0 spiro atoms. The molecule has 3 N–H and O–H groups in total. The number of likely N-dealkylation sites (tertiary alicyclic amines) is 1. The molecule has 5 nitrogen and oxygen atoms in total. The van der Waals surface area contributed by atoms with Crippen LogP contribution in [0.2, 0.25) is 5.02 Å². The number of benzene rings is 1. The largest absolute Gasteiger partial charge is 0.328 e. The van der Waals surface area contributed by atoms with E-state index in [1.165, 1.54) is 0 Å². The average molecular weight is 293 g/mol. The molecule has 0 aliphatic carbocycles. The highest BCUT2D eigenvalue weighted by molar-refractivity contribution is 6.31. The molecule has 1 aromatic carbocycles. The van der Waals surface area contributed by atoms with Crippen LogP contribution in [0.1, 0.15) is 18.4 Å². The first-order chi connectivity index (χ1) is 9.58. The predicted octanol–water partition coefficient (Wildman–Crippen LogP) is 1.57. The summed E-state index contributed by atoms with van der Waals surface area (Å²) in [4.78, 5) is 14.0. The molecule has 0 bridgehead atoms. The zero-order valence-electron chi connectivity index (χ0n) is 11.1. The molecular formula is C14H17ClN4O. The van der Waals surface area contributed by atoms with Gasteiger partial charge in [0.2, 0.25) is 5.91 Å². The molecule has 106 valence electrons. The number of nitrogens with zero attached hydrogens (tertiary/aromatic N) is 2. The first-order valence-electron chi connectivity index (χ1n) is 6.56. The molecule has 0 unspecified atom stereocenters. The van der Waals surface area contributed by atoms with Crippen LogP contribution in [-0.4, -0.2) is 36.5 Å². The van der Waals surface area contributed by atoms with Gasteiger partial charge in [-0.2, -0.15) is 5.26 Å². The highest BCUT2D eigenvalue weighted by atomic mass is 35.5. The Bertz CT molecular complexity index is 532. The molecule has 1 aliphatic rings. The van der Waals surface area contributed by atoms with Gasteiger partial charge in [0.15, 0.2) is 0 Å². The topological polar surface area (TPSA) is 82.2 Å². The Kier molecular flexibility index (Phi) is 4.96. The second kappa shape index (κ2) is 6.71. The second-order valence-electron chi connectivity index (χ2n) is 4.97. The SMILES string of the molecule is N#Cc1cc(NC(=O)CN2CCC(N)CC2)ccc1Cl. The summed E-state index contributed by atoms with van der Waals surface area (Å²) < 4.78 is 0. The summed E-state index contributed by atoms with van der Waals surface area (Å²) in [6.07, 6.45) is 1.85. The second-order valence-corrected chi connectivity index (χ2v) is 5.38. The van der Waals surface area contributed by atoms with E-state index < -0.39 is 0 Å². The lowest BCUT2D eigenvalue weighted by Crippen LogP contribution is -2.43. The van der Waals surface area contributed by atoms with E-state index in [9.17, 15) is 4.79 Å². The third-order valence-corrected chi connectivity index (χ3v) is 3.70. The zero-order chi connectivity index (χ0) is 14.5. The van der Waals surface area contributed by atoms with Crippen LogP contribution in [0.25, 0.3) is 0 Å². The van der Waals surface area contributed by atoms with E-state index in [1.54, 1.807) is 18.2 Å². The molecular weight excluding hydrogens is 276 g/mol. The molecule has 0 radical (unpaired) electrons. The Balaban J connectivity index is 1.90. The summed E-state index contributed by atoms with van der Waals surface area (Å²) in [5, 5.41) is 12.1. The number of carbonyl (C=O) groups excluding carboxylic acids is 1. The van der Waals surface area contributed by atoms with Gasteiger partial charge in [-0.3, -0.25) is 9.69 Å². The number of nitriles is 1. The van der Waals surface area contributed by atoms with Crippen molar-refractivity contribution in [3.63, 3.8) is 0 Å². The van der Waals surface area contributed by atoms with Gasteiger partial charge in [-0.1, -0.05) is 11.6 Å². The van der Waals surface area contributed by atoms with Crippen molar-refractivity contribution in [1.29, 1.82) is 5.26 Å². The Morgan fingerprint density at radius 3 is 2.85 bits per heavy atom. The number of hydrogen-bond acceptors (Lipinski definition) is 4. The maximum Gasteiger partial charge on any atom is 0.238 e. The van der Waals surface area contributed by atoms with Gasteiger partial charge in [0, 0.05) is 24.8 Å². The van der Waals surface area contributed by atoms with Gasteiger partial charge in [-0.05, 0) is 31.0 Å². The van der Waals surface area contributed by atoms with E-state index in [1.807, 2.05) is 6.07 Å². The van der Waals surface area contributed by atoms with Crippen molar-refractivity contribution >= 4 is 23.2 Å². The maximum absolute atomic E-state index is 11.9. The van der Waals surface area contributed by atoms with Crippen LogP contribution in [0.5, 0.6) is 0 Å². The highest BCUT2D eigenvalue weighted by Crippen LogP contribution is 2.19. The molecule has 20 heavy (non-hydrogen) atoms. The highest BCUT2D eigenvalue weighted by Gasteiger charge is 2.18. The summed E-state index contributed by atoms with van der Waals surface area (Å²) >= 11 is 5.85. The first-order valence-corrected chi connectivity index (χ1v) is 6.93. The van der Waals surface area contributed by atoms with Crippen LogP contribution in [0.15, 0.2) is 18.2 Å². The Labute approximate surface area is 123 Å². The van der Waals surface area contributed by atoms with Crippen molar-refractivity contribution in [1.82, 2.24) is 4.90 Å². The third kappa shape index (κ3) is 3.94. The molecule has 1 fully saturated rings. The number of amides is 1. The summed E-state index contributed by atoms with van der Waals surface area (Å²) in [7, 11) is 0. The maximum atomic E-state index is 11.9. The Morgan fingerprint density at radius 1 is 1.50 bits per heavy atom. The molecule has 1 aromatic rings. The zero-order valence-corrected chi connectivity index (χ0v) is 11.9. The minimum absolute atomic E-state index is 0.0910. The number of halogens is 1. The number of hydrogen-bond donors (Lipinski definition) is 2. The fourth-order valence-corrected chi connectivity index (χ4v) is 2.36. The van der Waals surface area contributed by atoms with Gasteiger partial charge in [0.25, 0.3) is 0 Å². The van der Waals surface area contributed by atoms with Crippen LogP contribution >= 0.6 is 11.6 Å². The predicted molar refractivity (Wildman–Crippen MR) is 78.4 cm³/mol. The molecule has 1 heterocycles. The van der Waals surface area contributed by atoms with Crippen LogP contribution < -0.4 is 11.1 Å². The lowest BCUT2D eigenvalue weighted by atomic mass is 10.1. The van der Waals surface area contributed by atoms with Crippen molar-refractivity contribution in [2.24, 2.45) is 5.73 Å². The van der Waals surface area contributed by atoms with Crippen LogP contribution in [0.4, 0.5) is 5.69 Å². The van der Waals surface area contributed by atoms with Gasteiger partial charge in [-0.25, -0.2) is 0 Å². The molecule has 0 atom stereocenters. The summed E-state index contributed by atoms with van der Waals surface area (Å²) in [5.74, 6) is -0.0910. The molecule has 0 aromatic heterocycles. The Morgan fingerprint density at radius 2 is 2.20 bits per heavy atom. The van der Waals surface area contributed by atoms with Gasteiger partial charge < -0.3 is 11.1 Å². The molecule has 2 rings (SSSR count). The van der Waals surface area contributed by atoms with Crippen molar-refractivity contribution in [3.8, 4) is 6.07 Å². The first kappa shape index (κ1) is 14.8. The van der Waals surface area contributed by atoms with E-state index in [4.69, 9.17) is 22.6 Å². The standard InChI is InChI=1S/C14H17ClN4O/c15-13-2-1-12(7-10(13)8-16)18-14(20)9-19-5-3-11(17)4-6-19/h1-2,7,11H,3-6,9,17H2,(H,18,20). The fourth-order valence-electron chi connectivity index (χ4n) is 2.20. The monoisotopic (exact) mass is 292 g/mol. The van der Waals surface area contributed by atoms with E-state index >= 15 is 0 Å². The summed E-state index contributed by atoms with van der Waals surface area (Å²) in [6, 6.07) is 7.11. The molecule has 1 saturated heterocycles. The minimum atomic E-state index is -0.0910. The van der Waals surface area contributed by atoms with Gasteiger partial charge in [0.05, 0.1) is 17.1 Å². The third-order valence-electron chi connectivity index (χ3n) is 3.37. The van der Waals surface area contributed by atoms with Crippen LogP contribution in [0.3, 0.4) is 0 Å². The average Bonchev–Trinajstić information content (AvgIpc) is 2.43. The molecule has 1 aliphatic heterocycles. The summed E-state index contributed by atoms with van der Waals surface area (Å²) in [5.41, 5.74) is 6.77. The number of piperidine rings is 1. The normalized spacial score (nSPS) is 16.6. The molecule has 1 amide bonds. The van der Waals surface area contributed by atoms with Crippen molar-refractivity contribution in [2.45, 2.75) is 18.9 Å². The number of anilines is 1. The van der Waals surface area contributed by atoms with E-state index in [0.717, 1.165) is 25.9 Å². The molecule has 0 saturated carbocycles. The lowest BCUT2D eigenvalue weighted by Gasteiger charge is -2.29. The quantitative estimate of drug-likeness (QED) is 0.886. The van der Waals surface area contributed by atoms with Crippen LogP contribution in [-0.2, 0) is 4.79 Å².